The molecule has 0 aliphatic rings. The summed E-state index contributed by atoms with van der Waals surface area (Å²) in [5, 5.41) is 4.03. The van der Waals surface area contributed by atoms with Gasteiger partial charge in [-0.1, -0.05) is 78.1 Å². The predicted molar refractivity (Wildman–Crippen MR) is 160 cm³/mol. The van der Waals surface area contributed by atoms with Crippen LogP contribution in [0.5, 0.6) is 0 Å². The Hall–Kier alpha value is -2.62. The summed E-state index contributed by atoms with van der Waals surface area (Å²) in [5.74, 6) is -0.888. The molecular weight excluding hydrogens is 593 g/mol. The van der Waals surface area contributed by atoms with Crippen LogP contribution < -0.4 is 5.32 Å². The van der Waals surface area contributed by atoms with Crippen LogP contribution in [0.25, 0.3) is 0 Å². The molecule has 3 rings (SSSR count). The number of hydrogen-bond donors (Lipinski definition) is 1. The second-order valence-corrected chi connectivity index (χ2v) is 12.8. The van der Waals surface area contributed by atoms with Crippen LogP contribution in [0.1, 0.15) is 31.4 Å². The Labute approximate surface area is 251 Å². The number of halogens is 3. The summed E-state index contributed by atoms with van der Waals surface area (Å²) in [6, 6.07) is 18.9. The van der Waals surface area contributed by atoms with Crippen LogP contribution in [0, 0.1) is 0 Å². The number of carbonyl (C=O) groups is 2. The van der Waals surface area contributed by atoms with E-state index < -0.39 is 28.5 Å². The number of likely N-dealkylation sites (N-methyl/N-ethyl adjacent to an activating group) is 1. The second-order valence-electron chi connectivity index (χ2n) is 9.51. The largest absolute Gasteiger partial charge is 0.352 e. The number of hydrogen-bond acceptors (Lipinski definition) is 4. The Balaban J connectivity index is 2.00. The van der Waals surface area contributed by atoms with Crippen molar-refractivity contribution >= 4 is 56.6 Å². The number of sulfonamides is 1. The first-order chi connectivity index (χ1) is 18.9. The zero-order chi connectivity index (χ0) is 29.4. The van der Waals surface area contributed by atoms with Gasteiger partial charge in [-0.25, -0.2) is 8.42 Å². The van der Waals surface area contributed by atoms with Crippen LogP contribution in [0.2, 0.25) is 15.1 Å². The predicted octanol–water partition coefficient (Wildman–Crippen LogP) is 5.82. The molecule has 214 valence electrons. The average molecular weight is 625 g/mol. The highest BCUT2D eigenvalue weighted by atomic mass is 35.5. The molecule has 0 radical (unpaired) electrons. The van der Waals surface area contributed by atoms with E-state index in [1.54, 1.807) is 18.2 Å². The molecule has 11 heteroatoms. The second kappa shape index (κ2) is 14.3. The minimum Gasteiger partial charge on any atom is -0.352 e. The van der Waals surface area contributed by atoms with Gasteiger partial charge in [-0.05, 0) is 60.9 Å². The molecule has 40 heavy (non-hydrogen) atoms. The van der Waals surface area contributed by atoms with E-state index >= 15 is 0 Å². The highest BCUT2D eigenvalue weighted by Gasteiger charge is 2.33. The fourth-order valence-corrected chi connectivity index (χ4v) is 5.55. The van der Waals surface area contributed by atoms with E-state index in [0.29, 0.717) is 27.1 Å². The maximum Gasteiger partial charge on any atom is 0.243 e. The van der Waals surface area contributed by atoms with Crippen molar-refractivity contribution in [2.75, 3.05) is 13.6 Å². The molecule has 3 aromatic rings. The molecule has 0 aliphatic carbocycles. The van der Waals surface area contributed by atoms with Gasteiger partial charge in [-0.2, -0.15) is 4.31 Å². The first-order valence-electron chi connectivity index (χ1n) is 12.7. The van der Waals surface area contributed by atoms with Gasteiger partial charge in [-0.15, -0.1) is 0 Å². The van der Waals surface area contributed by atoms with E-state index in [1.165, 1.54) is 36.2 Å². The van der Waals surface area contributed by atoms with Gasteiger partial charge < -0.3 is 10.2 Å². The SMILES string of the molecule is CCC(C)NC(=O)C(Cc1ccccc1)N(Cc1ccc(Cl)c(Cl)c1)C(=O)CN(C)S(=O)(=O)c1ccc(Cl)cc1. The molecule has 0 bridgehead atoms. The van der Waals surface area contributed by atoms with E-state index in [9.17, 15) is 18.0 Å². The number of carbonyl (C=O) groups excluding carboxylic acids is 2. The molecule has 0 saturated heterocycles. The molecule has 0 heterocycles. The maximum atomic E-state index is 13.9. The topological polar surface area (TPSA) is 86.8 Å². The number of benzene rings is 3. The van der Waals surface area contributed by atoms with E-state index in [0.717, 1.165) is 9.87 Å². The number of rotatable bonds is 12. The van der Waals surface area contributed by atoms with Crippen molar-refractivity contribution in [3.63, 3.8) is 0 Å². The zero-order valence-corrected chi connectivity index (χ0v) is 25.6. The Morgan fingerprint density at radius 1 is 0.900 bits per heavy atom. The molecular formula is C29H32Cl3N3O4S. The van der Waals surface area contributed by atoms with Gasteiger partial charge in [0.1, 0.15) is 6.04 Å². The Bertz CT molecular complexity index is 1420. The number of nitrogens with zero attached hydrogens (tertiary/aromatic N) is 2. The van der Waals surface area contributed by atoms with Crippen LogP contribution in [-0.2, 0) is 32.6 Å². The summed E-state index contributed by atoms with van der Waals surface area (Å²) >= 11 is 18.3. The van der Waals surface area contributed by atoms with E-state index in [4.69, 9.17) is 34.8 Å². The molecule has 3 aromatic carbocycles. The average Bonchev–Trinajstić information content (AvgIpc) is 2.93. The van der Waals surface area contributed by atoms with Gasteiger partial charge in [0.25, 0.3) is 0 Å². The summed E-state index contributed by atoms with van der Waals surface area (Å²) < 4.78 is 27.4. The summed E-state index contributed by atoms with van der Waals surface area (Å²) in [6.07, 6.45) is 0.927. The Morgan fingerprint density at radius 3 is 2.15 bits per heavy atom. The van der Waals surface area contributed by atoms with Gasteiger partial charge in [0.2, 0.25) is 21.8 Å². The van der Waals surface area contributed by atoms with Crippen LogP contribution in [0.3, 0.4) is 0 Å². The quantitative estimate of drug-likeness (QED) is 0.275. The van der Waals surface area contributed by atoms with Crippen LogP contribution in [-0.4, -0.2) is 55.1 Å². The summed E-state index contributed by atoms with van der Waals surface area (Å²) in [6.45, 7) is 3.35. The molecule has 0 fully saturated rings. The molecule has 7 nitrogen and oxygen atoms in total. The minimum absolute atomic E-state index is 0.00131. The Kier molecular flexibility index (Phi) is 11.4. The fraction of sp³-hybridized carbons (Fsp3) is 0.310. The normalized spacial score (nSPS) is 13.1. The standard InChI is InChI=1S/C29H32Cl3N3O4S/c1-4-20(2)33-29(37)27(17-21-8-6-5-7-9-21)35(18-22-10-15-25(31)26(32)16-22)28(36)19-34(3)40(38,39)24-13-11-23(30)12-14-24/h5-16,20,27H,4,17-19H2,1-3H3,(H,33,37). The lowest BCUT2D eigenvalue weighted by molar-refractivity contribution is -0.141. The van der Waals surface area contributed by atoms with Crippen molar-refractivity contribution in [1.29, 1.82) is 0 Å². The first kappa shape index (κ1) is 31.9. The third kappa shape index (κ3) is 8.44. The van der Waals surface area contributed by atoms with E-state index in [2.05, 4.69) is 5.32 Å². The van der Waals surface area contributed by atoms with Crippen LogP contribution in [0.4, 0.5) is 0 Å². The van der Waals surface area contributed by atoms with Gasteiger partial charge in [0.15, 0.2) is 0 Å². The third-order valence-electron chi connectivity index (χ3n) is 6.49. The van der Waals surface area contributed by atoms with Gasteiger partial charge in [0, 0.05) is 31.1 Å². The lowest BCUT2D eigenvalue weighted by Gasteiger charge is -2.33. The van der Waals surface area contributed by atoms with E-state index in [-0.39, 0.29) is 29.8 Å². The van der Waals surface area contributed by atoms with Gasteiger partial charge in [0.05, 0.1) is 21.5 Å². The van der Waals surface area contributed by atoms with Gasteiger partial charge >= 0.3 is 0 Å². The molecule has 0 aromatic heterocycles. The smallest absolute Gasteiger partial charge is 0.243 e. The van der Waals surface area contributed by atoms with Crippen molar-refractivity contribution in [1.82, 2.24) is 14.5 Å². The summed E-state index contributed by atoms with van der Waals surface area (Å²) in [4.78, 5) is 28.9. The molecule has 0 spiro atoms. The maximum absolute atomic E-state index is 13.9. The van der Waals surface area contributed by atoms with Crippen LogP contribution >= 0.6 is 34.8 Å². The highest BCUT2D eigenvalue weighted by molar-refractivity contribution is 7.89. The molecule has 2 amide bonds. The monoisotopic (exact) mass is 623 g/mol. The lowest BCUT2D eigenvalue weighted by Crippen LogP contribution is -2.54. The third-order valence-corrected chi connectivity index (χ3v) is 9.30. The minimum atomic E-state index is -4.01. The van der Waals surface area contributed by atoms with Crippen molar-refractivity contribution in [2.45, 2.75) is 50.2 Å². The highest BCUT2D eigenvalue weighted by Crippen LogP contribution is 2.25. The zero-order valence-electron chi connectivity index (χ0n) is 22.5. The molecule has 2 unspecified atom stereocenters. The fourth-order valence-electron chi connectivity index (χ4n) is 3.98. The molecule has 2 atom stereocenters. The molecule has 0 saturated carbocycles. The number of nitrogens with one attached hydrogen (secondary N) is 1. The number of amides is 2. The van der Waals surface area contributed by atoms with Crippen LogP contribution in [0.15, 0.2) is 77.7 Å². The first-order valence-corrected chi connectivity index (χ1v) is 15.3. The van der Waals surface area contributed by atoms with Crippen molar-refractivity contribution < 1.29 is 18.0 Å². The van der Waals surface area contributed by atoms with Gasteiger partial charge in [-0.3, -0.25) is 9.59 Å². The summed E-state index contributed by atoms with van der Waals surface area (Å²) in [7, 11) is -2.69. The van der Waals surface area contributed by atoms with Crippen molar-refractivity contribution in [3.05, 3.63) is 99.0 Å². The van der Waals surface area contributed by atoms with E-state index in [1.807, 2.05) is 44.2 Å². The van der Waals surface area contributed by atoms with Crippen molar-refractivity contribution in [3.8, 4) is 0 Å². The van der Waals surface area contributed by atoms with Crippen molar-refractivity contribution in [2.24, 2.45) is 0 Å². The molecule has 0 aliphatic heterocycles. The summed E-state index contributed by atoms with van der Waals surface area (Å²) in [5.41, 5.74) is 1.49. The Morgan fingerprint density at radius 2 is 1.55 bits per heavy atom. The lowest BCUT2D eigenvalue weighted by atomic mass is 10.0. The molecule has 1 N–H and O–H groups in total.